The molecule has 0 unspecified atom stereocenters. The van der Waals surface area contributed by atoms with Crippen LogP contribution in [0.3, 0.4) is 0 Å². The van der Waals surface area contributed by atoms with Gasteiger partial charge in [0.15, 0.2) is 0 Å². The highest BCUT2D eigenvalue weighted by atomic mass is 16.2. The van der Waals surface area contributed by atoms with Crippen molar-refractivity contribution >= 4 is 30.0 Å². The fraction of sp³-hybridized carbons (Fsp3) is 0. The zero-order chi connectivity index (χ0) is 22.5. The van der Waals surface area contributed by atoms with Crippen molar-refractivity contribution in [2.45, 2.75) is 0 Å². The highest BCUT2D eigenvalue weighted by molar-refractivity contribution is 6.45. The van der Waals surface area contributed by atoms with Gasteiger partial charge >= 0.3 is 7.48 Å². The van der Waals surface area contributed by atoms with Gasteiger partial charge in [0.1, 0.15) is 0 Å². The number of rotatable bonds is 6. The molecule has 0 aliphatic carbocycles. The van der Waals surface area contributed by atoms with Crippen molar-refractivity contribution in [3.8, 4) is 22.3 Å². The SMILES string of the molecule is OBc1cccc(N(c2ccc(-c3ccccc3)cc2)c2ccccc2-c2ccccc2)c1. The van der Waals surface area contributed by atoms with Crippen molar-refractivity contribution in [2.75, 3.05) is 4.90 Å². The fourth-order valence-corrected chi connectivity index (χ4v) is 4.19. The van der Waals surface area contributed by atoms with Gasteiger partial charge < -0.3 is 9.92 Å². The highest BCUT2D eigenvalue weighted by Gasteiger charge is 2.17. The monoisotopic (exact) mass is 425 g/mol. The number of hydrogen-bond acceptors (Lipinski definition) is 2. The van der Waals surface area contributed by atoms with Crippen LogP contribution in [0.1, 0.15) is 0 Å². The van der Waals surface area contributed by atoms with Crippen LogP contribution in [-0.4, -0.2) is 12.5 Å². The van der Waals surface area contributed by atoms with E-state index >= 15 is 0 Å². The molecule has 0 saturated heterocycles. The zero-order valence-corrected chi connectivity index (χ0v) is 18.3. The van der Waals surface area contributed by atoms with Gasteiger partial charge in [0.05, 0.1) is 5.69 Å². The van der Waals surface area contributed by atoms with Gasteiger partial charge in [0.25, 0.3) is 0 Å². The summed E-state index contributed by atoms with van der Waals surface area (Å²) in [5.74, 6) is 0. The van der Waals surface area contributed by atoms with Crippen molar-refractivity contribution < 1.29 is 5.02 Å². The van der Waals surface area contributed by atoms with Gasteiger partial charge in [-0.2, -0.15) is 0 Å². The maximum Gasteiger partial charge on any atom is 0.304 e. The number of anilines is 3. The lowest BCUT2D eigenvalue weighted by Gasteiger charge is -2.28. The van der Waals surface area contributed by atoms with Gasteiger partial charge in [-0.15, -0.1) is 0 Å². The summed E-state index contributed by atoms with van der Waals surface area (Å²) >= 11 is 0. The van der Waals surface area contributed by atoms with E-state index < -0.39 is 0 Å². The summed E-state index contributed by atoms with van der Waals surface area (Å²) in [6.07, 6.45) is 0. The second kappa shape index (κ2) is 9.60. The van der Waals surface area contributed by atoms with Gasteiger partial charge in [-0.25, -0.2) is 0 Å². The maximum absolute atomic E-state index is 9.76. The van der Waals surface area contributed by atoms with E-state index in [1.807, 2.05) is 30.3 Å². The lowest BCUT2D eigenvalue weighted by Crippen LogP contribution is -2.17. The molecule has 33 heavy (non-hydrogen) atoms. The molecule has 0 atom stereocenters. The molecule has 0 aliphatic heterocycles. The van der Waals surface area contributed by atoms with Gasteiger partial charge in [-0.05, 0) is 47.0 Å². The Labute approximate surface area is 195 Å². The van der Waals surface area contributed by atoms with Gasteiger partial charge in [0.2, 0.25) is 0 Å². The first-order chi connectivity index (χ1) is 16.3. The molecule has 2 nitrogen and oxygen atoms in total. The second-order valence-electron chi connectivity index (χ2n) is 7.96. The summed E-state index contributed by atoms with van der Waals surface area (Å²) in [7, 11) is 0.00889. The molecule has 0 spiro atoms. The molecule has 0 heterocycles. The second-order valence-corrected chi connectivity index (χ2v) is 7.96. The van der Waals surface area contributed by atoms with Crippen molar-refractivity contribution in [2.24, 2.45) is 0 Å². The first-order valence-electron chi connectivity index (χ1n) is 11.1. The van der Waals surface area contributed by atoms with E-state index in [4.69, 9.17) is 0 Å². The van der Waals surface area contributed by atoms with Gasteiger partial charge in [-0.1, -0.05) is 109 Å². The summed E-state index contributed by atoms with van der Waals surface area (Å²) in [4.78, 5) is 2.26. The average Bonchev–Trinajstić information content (AvgIpc) is 2.91. The molecular weight excluding hydrogens is 401 g/mol. The van der Waals surface area contributed by atoms with Crippen LogP contribution >= 0.6 is 0 Å². The Morgan fingerprint density at radius 1 is 0.485 bits per heavy atom. The number of hydrogen-bond donors (Lipinski definition) is 1. The lowest BCUT2D eigenvalue weighted by molar-refractivity contribution is 0.615. The van der Waals surface area contributed by atoms with E-state index in [1.165, 1.54) is 11.1 Å². The molecule has 0 fully saturated rings. The lowest BCUT2D eigenvalue weighted by atomic mass is 9.88. The first-order valence-corrected chi connectivity index (χ1v) is 11.1. The van der Waals surface area contributed by atoms with E-state index in [-0.39, 0.29) is 7.48 Å². The topological polar surface area (TPSA) is 23.5 Å². The minimum absolute atomic E-state index is 0.00889. The zero-order valence-electron chi connectivity index (χ0n) is 18.3. The van der Waals surface area contributed by atoms with Crippen LogP contribution in [0, 0.1) is 0 Å². The highest BCUT2D eigenvalue weighted by Crippen LogP contribution is 2.40. The van der Waals surface area contributed by atoms with Crippen molar-refractivity contribution in [3.05, 3.63) is 133 Å². The molecule has 5 aromatic carbocycles. The van der Waals surface area contributed by atoms with Crippen LogP contribution in [0.25, 0.3) is 22.3 Å². The molecule has 0 amide bonds. The minimum Gasteiger partial charge on any atom is -0.449 e. The quantitative estimate of drug-likeness (QED) is 0.316. The molecule has 0 radical (unpaired) electrons. The summed E-state index contributed by atoms with van der Waals surface area (Å²) in [5, 5.41) is 9.76. The predicted molar refractivity (Wildman–Crippen MR) is 141 cm³/mol. The van der Waals surface area contributed by atoms with E-state index in [0.717, 1.165) is 33.7 Å². The number of para-hydroxylation sites is 1. The third-order valence-electron chi connectivity index (χ3n) is 5.81. The Morgan fingerprint density at radius 2 is 1.09 bits per heavy atom. The normalized spacial score (nSPS) is 10.6. The smallest absolute Gasteiger partial charge is 0.304 e. The summed E-state index contributed by atoms with van der Waals surface area (Å²) in [5.41, 5.74) is 8.74. The predicted octanol–water partition coefficient (Wildman–Crippen LogP) is 6.46. The molecule has 5 aromatic rings. The Balaban J connectivity index is 1.66. The maximum atomic E-state index is 9.76. The summed E-state index contributed by atoms with van der Waals surface area (Å²) in [6, 6.07) is 46.1. The van der Waals surface area contributed by atoms with Crippen LogP contribution in [0.2, 0.25) is 0 Å². The molecular formula is C30H24BNO. The van der Waals surface area contributed by atoms with E-state index in [2.05, 4.69) is 108 Å². The fourth-order valence-electron chi connectivity index (χ4n) is 4.19. The Bertz CT molecular complexity index is 1340. The van der Waals surface area contributed by atoms with Crippen molar-refractivity contribution in [1.82, 2.24) is 0 Å². The first kappa shape index (κ1) is 20.8. The van der Waals surface area contributed by atoms with Crippen LogP contribution in [0.4, 0.5) is 17.1 Å². The van der Waals surface area contributed by atoms with Crippen molar-refractivity contribution in [3.63, 3.8) is 0 Å². The molecule has 0 aliphatic rings. The molecule has 5 rings (SSSR count). The number of benzene rings is 5. The van der Waals surface area contributed by atoms with E-state index in [9.17, 15) is 5.02 Å². The van der Waals surface area contributed by atoms with E-state index in [0.29, 0.717) is 0 Å². The van der Waals surface area contributed by atoms with E-state index in [1.54, 1.807) is 0 Å². The Hall–Kier alpha value is -4.08. The third-order valence-corrected chi connectivity index (χ3v) is 5.81. The molecule has 1 N–H and O–H groups in total. The molecule has 0 bridgehead atoms. The molecule has 0 aromatic heterocycles. The van der Waals surface area contributed by atoms with Crippen molar-refractivity contribution in [1.29, 1.82) is 0 Å². The van der Waals surface area contributed by atoms with Crippen LogP contribution < -0.4 is 10.4 Å². The third kappa shape index (κ3) is 4.45. The summed E-state index contributed by atoms with van der Waals surface area (Å²) in [6.45, 7) is 0. The van der Waals surface area contributed by atoms with Crippen LogP contribution in [-0.2, 0) is 0 Å². The standard InChI is InChI=1S/C30H24BNO/c33-31-26-14-9-15-28(22-26)32(27-20-18-24(19-21-27)23-10-3-1-4-11-23)30-17-8-7-16-29(30)25-12-5-2-6-13-25/h1-22,31,33H. The Kier molecular flexibility index (Phi) is 6.05. The average molecular weight is 425 g/mol. The van der Waals surface area contributed by atoms with Crippen LogP contribution in [0.5, 0.6) is 0 Å². The Morgan fingerprint density at radius 3 is 1.79 bits per heavy atom. The molecule has 3 heteroatoms. The number of nitrogens with zero attached hydrogens (tertiary/aromatic N) is 1. The molecule has 158 valence electrons. The van der Waals surface area contributed by atoms with Crippen LogP contribution in [0.15, 0.2) is 133 Å². The van der Waals surface area contributed by atoms with Gasteiger partial charge in [-0.3, -0.25) is 0 Å². The molecule has 0 saturated carbocycles. The van der Waals surface area contributed by atoms with Gasteiger partial charge in [0, 0.05) is 16.9 Å². The summed E-state index contributed by atoms with van der Waals surface area (Å²) < 4.78 is 0. The largest absolute Gasteiger partial charge is 0.449 e. The minimum atomic E-state index is 0.00889.